The Labute approximate surface area is 170 Å². The highest BCUT2D eigenvalue weighted by atomic mass is 32.2. The first-order chi connectivity index (χ1) is 13.7. The monoisotopic (exact) mass is 419 g/mol. The molecule has 3 rings (SSSR count). The van der Waals surface area contributed by atoms with Gasteiger partial charge in [0.1, 0.15) is 11.3 Å². The van der Waals surface area contributed by atoms with Gasteiger partial charge in [0, 0.05) is 23.0 Å². The Balaban J connectivity index is 1.72. The average molecular weight is 419 g/mol. The van der Waals surface area contributed by atoms with Crippen molar-refractivity contribution in [3.8, 4) is 5.75 Å². The molecule has 0 unspecified atom stereocenters. The van der Waals surface area contributed by atoms with Crippen LogP contribution in [0.25, 0.3) is 0 Å². The largest absolute Gasteiger partial charge is 0.493 e. The summed E-state index contributed by atoms with van der Waals surface area (Å²) in [6.07, 6.45) is 0.537. The van der Waals surface area contributed by atoms with E-state index < -0.39 is 22.4 Å². The molecule has 0 spiro atoms. The molecule has 1 aliphatic rings. The predicted octanol–water partition coefficient (Wildman–Crippen LogP) is 2.90. The molecule has 1 fully saturated rings. The van der Waals surface area contributed by atoms with Crippen LogP contribution in [0.1, 0.15) is 51.5 Å². The second-order valence-electron chi connectivity index (χ2n) is 7.14. The van der Waals surface area contributed by atoms with Gasteiger partial charge in [-0.25, -0.2) is 13.2 Å². The summed E-state index contributed by atoms with van der Waals surface area (Å²) in [5, 5.41) is 0. The zero-order chi connectivity index (χ0) is 21.2. The number of rotatable bonds is 7. The van der Waals surface area contributed by atoms with Crippen LogP contribution in [0.2, 0.25) is 0 Å². The second-order valence-corrected chi connectivity index (χ2v) is 9.37. The van der Waals surface area contributed by atoms with E-state index in [9.17, 15) is 18.0 Å². The Kier molecular flexibility index (Phi) is 6.12. The molecule has 1 atom stereocenters. The first kappa shape index (κ1) is 21.1. The Hall–Kier alpha value is -2.61. The first-order valence-corrected chi connectivity index (χ1v) is 11.4. The molecule has 0 radical (unpaired) electrons. The number of carbonyl (C=O) groups is 2. The van der Waals surface area contributed by atoms with Gasteiger partial charge in [-0.2, -0.15) is 0 Å². The van der Waals surface area contributed by atoms with Crippen LogP contribution in [-0.4, -0.2) is 49.5 Å². The average Bonchev–Trinajstić information content (AvgIpc) is 3.18. The van der Waals surface area contributed by atoms with Crippen LogP contribution in [0.4, 0.5) is 0 Å². The summed E-state index contributed by atoms with van der Waals surface area (Å²) in [5.41, 5.74) is 2.22. The molecule has 2 heterocycles. The van der Waals surface area contributed by atoms with E-state index in [-0.39, 0.29) is 28.9 Å². The number of para-hydroxylation sites is 1. The van der Waals surface area contributed by atoms with Gasteiger partial charge >= 0.3 is 5.97 Å². The molecule has 8 heteroatoms. The quantitative estimate of drug-likeness (QED) is 0.506. The van der Waals surface area contributed by atoms with Crippen LogP contribution in [0.15, 0.2) is 30.3 Å². The number of sulfone groups is 1. The Morgan fingerprint density at radius 2 is 1.90 bits per heavy atom. The molecule has 1 saturated heterocycles. The number of hydrogen-bond donors (Lipinski definition) is 0. The minimum atomic E-state index is -3.04. The third-order valence-electron chi connectivity index (χ3n) is 5.10. The number of aryl methyl sites for hydroxylation is 1. The molecule has 1 aromatic heterocycles. The first-order valence-electron chi connectivity index (χ1n) is 9.54. The van der Waals surface area contributed by atoms with Crippen molar-refractivity contribution in [3.63, 3.8) is 0 Å². The number of ketones is 1. The van der Waals surface area contributed by atoms with Crippen molar-refractivity contribution in [3.05, 3.63) is 52.8 Å². The van der Waals surface area contributed by atoms with E-state index in [1.807, 2.05) is 18.4 Å². The predicted molar refractivity (Wildman–Crippen MR) is 108 cm³/mol. The summed E-state index contributed by atoms with van der Waals surface area (Å²) >= 11 is 0. The van der Waals surface area contributed by atoms with E-state index in [2.05, 4.69) is 0 Å². The molecule has 0 bridgehead atoms. The number of benzene rings is 1. The lowest BCUT2D eigenvalue weighted by molar-refractivity contribution is 0.0470. The zero-order valence-corrected chi connectivity index (χ0v) is 17.6. The van der Waals surface area contributed by atoms with Crippen molar-refractivity contribution in [2.45, 2.75) is 33.2 Å². The van der Waals surface area contributed by atoms with Crippen LogP contribution < -0.4 is 4.74 Å². The molecule has 29 heavy (non-hydrogen) atoms. The fraction of sp³-hybridized carbons (Fsp3) is 0.429. The fourth-order valence-electron chi connectivity index (χ4n) is 3.80. The lowest BCUT2D eigenvalue weighted by Gasteiger charge is -2.16. The lowest BCUT2D eigenvalue weighted by atomic mass is 10.1. The van der Waals surface area contributed by atoms with E-state index in [1.54, 1.807) is 37.3 Å². The summed E-state index contributed by atoms with van der Waals surface area (Å²) < 4.78 is 36.2. The molecule has 7 nitrogen and oxygen atoms in total. The van der Waals surface area contributed by atoms with Gasteiger partial charge in [-0.1, -0.05) is 12.1 Å². The van der Waals surface area contributed by atoms with Gasteiger partial charge in [0.25, 0.3) is 0 Å². The number of aromatic nitrogens is 1. The number of nitrogens with zero attached hydrogens (tertiary/aromatic N) is 1. The van der Waals surface area contributed by atoms with Crippen LogP contribution in [0.3, 0.4) is 0 Å². The van der Waals surface area contributed by atoms with Crippen molar-refractivity contribution in [1.82, 2.24) is 4.57 Å². The highest BCUT2D eigenvalue weighted by Crippen LogP contribution is 2.29. The molecule has 0 aliphatic carbocycles. The molecule has 156 valence electrons. The maximum atomic E-state index is 12.7. The van der Waals surface area contributed by atoms with E-state index in [0.717, 1.165) is 5.69 Å². The smallest absolute Gasteiger partial charge is 0.342 e. The summed E-state index contributed by atoms with van der Waals surface area (Å²) in [7, 11) is -3.04. The second kappa shape index (κ2) is 8.41. The normalized spacial score (nSPS) is 17.8. The Bertz CT molecular complexity index is 1040. The van der Waals surface area contributed by atoms with Crippen molar-refractivity contribution in [1.29, 1.82) is 0 Å². The van der Waals surface area contributed by atoms with Crippen LogP contribution >= 0.6 is 0 Å². The molecule has 0 N–H and O–H groups in total. The maximum Gasteiger partial charge on any atom is 0.342 e. The van der Waals surface area contributed by atoms with Crippen LogP contribution in [-0.2, 0) is 14.6 Å². The fourth-order valence-corrected chi connectivity index (χ4v) is 5.50. The van der Waals surface area contributed by atoms with Gasteiger partial charge in [-0.15, -0.1) is 0 Å². The third kappa shape index (κ3) is 4.53. The zero-order valence-electron chi connectivity index (χ0n) is 16.8. The van der Waals surface area contributed by atoms with Crippen LogP contribution in [0, 0.1) is 13.8 Å². The number of ether oxygens (including phenoxy) is 2. The van der Waals surface area contributed by atoms with Gasteiger partial charge in [0.05, 0.1) is 18.1 Å². The SMILES string of the molecule is CCOc1ccccc1C(=O)OCC(=O)c1cc(C)n([C@H]2CCS(=O)(=O)C2)c1C. The van der Waals surface area contributed by atoms with E-state index >= 15 is 0 Å². The summed E-state index contributed by atoms with van der Waals surface area (Å²) in [6.45, 7) is 5.46. The number of esters is 1. The van der Waals surface area contributed by atoms with E-state index in [1.165, 1.54) is 0 Å². The van der Waals surface area contributed by atoms with Gasteiger partial charge in [0.15, 0.2) is 16.4 Å². The van der Waals surface area contributed by atoms with Gasteiger partial charge < -0.3 is 14.0 Å². The van der Waals surface area contributed by atoms with Gasteiger partial charge in [-0.3, -0.25) is 4.79 Å². The van der Waals surface area contributed by atoms with Crippen molar-refractivity contribution in [2.75, 3.05) is 24.7 Å². The Morgan fingerprint density at radius 3 is 2.55 bits per heavy atom. The van der Waals surface area contributed by atoms with Crippen LogP contribution in [0.5, 0.6) is 5.75 Å². The topological polar surface area (TPSA) is 91.7 Å². The molecular formula is C21H25NO6S. The maximum absolute atomic E-state index is 12.7. The number of Topliss-reactive ketones (excluding diaryl/α,β-unsaturated/α-hetero) is 1. The van der Waals surface area contributed by atoms with E-state index in [4.69, 9.17) is 9.47 Å². The van der Waals surface area contributed by atoms with E-state index in [0.29, 0.717) is 30.0 Å². The minimum absolute atomic E-state index is 0.0835. The lowest BCUT2D eigenvalue weighted by Crippen LogP contribution is -2.17. The number of carbonyl (C=O) groups excluding carboxylic acids is 2. The van der Waals surface area contributed by atoms with Crippen molar-refractivity contribution in [2.24, 2.45) is 0 Å². The molecule has 1 aromatic carbocycles. The highest BCUT2D eigenvalue weighted by Gasteiger charge is 2.31. The molecule has 2 aromatic rings. The van der Waals surface area contributed by atoms with Crippen molar-refractivity contribution < 1.29 is 27.5 Å². The molecule has 0 amide bonds. The van der Waals surface area contributed by atoms with Gasteiger partial charge in [-0.05, 0) is 45.4 Å². The minimum Gasteiger partial charge on any atom is -0.493 e. The molecule has 1 aliphatic heterocycles. The summed E-state index contributed by atoms with van der Waals surface area (Å²) in [5.74, 6) is -0.298. The van der Waals surface area contributed by atoms with Gasteiger partial charge in [0.2, 0.25) is 5.78 Å². The molecular weight excluding hydrogens is 394 g/mol. The summed E-state index contributed by atoms with van der Waals surface area (Å²) in [4.78, 5) is 25.1. The standard InChI is InChI=1S/C21H25NO6S/c1-4-27-20-8-6-5-7-17(20)21(24)28-12-19(23)18-11-14(2)22(15(18)3)16-9-10-29(25,26)13-16/h5-8,11,16H,4,9-10,12-13H2,1-3H3/t16-/m0/s1. The molecule has 0 saturated carbocycles. The highest BCUT2D eigenvalue weighted by molar-refractivity contribution is 7.91. The van der Waals surface area contributed by atoms with Crippen molar-refractivity contribution >= 4 is 21.6 Å². The third-order valence-corrected chi connectivity index (χ3v) is 6.85. The Morgan fingerprint density at radius 1 is 1.17 bits per heavy atom. The number of hydrogen-bond acceptors (Lipinski definition) is 6. The summed E-state index contributed by atoms with van der Waals surface area (Å²) in [6, 6.07) is 8.28.